The third-order valence-electron chi connectivity index (χ3n) is 6.09. The first-order valence-corrected chi connectivity index (χ1v) is 12.6. The highest BCUT2D eigenvalue weighted by Crippen LogP contribution is 2.19. The zero-order chi connectivity index (χ0) is 29.8. The van der Waals surface area contributed by atoms with E-state index in [-0.39, 0.29) is 12.8 Å². The highest BCUT2D eigenvalue weighted by Gasteiger charge is 2.31. The number of amides is 5. The molecule has 0 saturated heterocycles. The van der Waals surface area contributed by atoms with Crippen molar-refractivity contribution in [3.05, 3.63) is 36.0 Å². The number of fused-ring (bicyclic) bond motifs is 1. The molecule has 0 radical (unpaired) electrons. The molecule has 4 atom stereocenters. The Labute approximate surface area is 229 Å². The van der Waals surface area contributed by atoms with Crippen molar-refractivity contribution in [3.8, 4) is 0 Å². The van der Waals surface area contributed by atoms with Crippen LogP contribution in [0.5, 0.6) is 0 Å². The number of aliphatic carboxylic acids is 1. The summed E-state index contributed by atoms with van der Waals surface area (Å²) in [5.41, 5.74) is 22.9. The molecular weight excluding hydrogens is 524 g/mol. The van der Waals surface area contributed by atoms with Crippen LogP contribution in [0.25, 0.3) is 10.9 Å². The lowest BCUT2D eigenvalue weighted by atomic mass is 10.0. The van der Waals surface area contributed by atoms with Gasteiger partial charge in [0.2, 0.25) is 29.5 Å². The summed E-state index contributed by atoms with van der Waals surface area (Å²) in [6.45, 7) is 0.318. The molecule has 4 unspecified atom stereocenters. The number of H-pyrrole nitrogens is 1. The topological polar surface area (TPSA) is 279 Å². The van der Waals surface area contributed by atoms with Crippen LogP contribution in [0.1, 0.15) is 37.7 Å². The Morgan fingerprint density at radius 2 is 1.43 bits per heavy atom. The monoisotopic (exact) mass is 560 g/mol. The van der Waals surface area contributed by atoms with Gasteiger partial charge in [0, 0.05) is 23.5 Å². The number of rotatable bonds is 17. The van der Waals surface area contributed by atoms with Crippen molar-refractivity contribution < 1.29 is 33.9 Å². The number of nitrogens with one attached hydrogen (secondary N) is 4. The lowest BCUT2D eigenvalue weighted by Crippen LogP contribution is -2.58. The van der Waals surface area contributed by atoms with Crippen molar-refractivity contribution in [3.63, 3.8) is 0 Å². The molecule has 15 heteroatoms. The first-order valence-electron chi connectivity index (χ1n) is 12.6. The molecule has 2 aromatic rings. The van der Waals surface area contributed by atoms with E-state index < -0.39 is 72.5 Å². The van der Waals surface area contributed by atoms with E-state index in [4.69, 9.17) is 22.9 Å². The van der Waals surface area contributed by atoms with Crippen molar-refractivity contribution in [1.82, 2.24) is 20.9 Å². The van der Waals surface area contributed by atoms with Gasteiger partial charge in [-0.2, -0.15) is 0 Å². The molecule has 1 aromatic heterocycles. The quantitative estimate of drug-likeness (QED) is 0.0920. The number of carbonyl (C=O) groups is 6. The molecule has 0 spiro atoms. The van der Waals surface area contributed by atoms with E-state index in [1.807, 2.05) is 18.2 Å². The van der Waals surface area contributed by atoms with Crippen molar-refractivity contribution in [1.29, 1.82) is 0 Å². The first-order chi connectivity index (χ1) is 18.9. The first kappa shape index (κ1) is 31.7. The number of carboxylic acid groups (broad SMARTS) is 1. The normalized spacial score (nSPS) is 13.9. The van der Waals surface area contributed by atoms with Crippen LogP contribution in [0.15, 0.2) is 30.5 Å². The zero-order valence-electron chi connectivity index (χ0n) is 21.9. The molecule has 0 aliphatic heterocycles. The molecule has 1 aromatic carbocycles. The summed E-state index contributed by atoms with van der Waals surface area (Å²) in [5, 5.41) is 17.8. The van der Waals surface area contributed by atoms with Crippen LogP contribution < -0.4 is 38.9 Å². The number of nitrogens with two attached hydrogens (primary N) is 4. The summed E-state index contributed by atoms with van der Waals surface area (Å²) in [4.78, 5) is 76.3. The number of carboxylic acids is 1. The van der Waals surface area contributed by atoms with Gasteiger partial charge in [-0.25, -0.2) is 4.79 Å². The number of carbonyl (C=O) groups excluding carboxylic acids is 5. The van der Waals surface area contributed by atoms with Crippen molar-refractivity contribution in [2.75, 3.05) is 6.54 Å². The molecule has 15 nitrogen and oxygen atoms in total. The number of unbranched alkanes of at least 4 members (excludes halogenated alkanes) is 1. The Kier molecular flexibility index (Phi) is 12.0. The second kappa shape index (κ2) is 15.2. The van der Waals surface area contributed by atoms with Crippen LogP contribution >= 0.6 is 0 Å². The van der Waals surface area contributed by atoms with E-state index in [9.17, 15) is 33.9 Å². The number of benzene rings is 1. The fraction of sp³-hybridized carbons (Fsp3) is 0.440. The molecule has 5 amide bonds. The standard InChI is InChI=1S/C25H36N8O7/c26-8-4-3-7-17(31-24(38)18(11-21(29)35)32-22(36)15(27)10-20(28)34)23(37)33-19(25(39)40)9-13-12-30-16-6-2-1-5-14(13)16/h1-2,5-6,12,15,17-19,30H,3-4,7-11,26-27H2,(H2,28,34)(H2,29,35)(H,31,38)(H,32,36)(H,33,37)(H,39,40). The Bertz CT molecular complexity index is 1230. The van der Waals surface area contributed by atoms with E-state index in [2.05, 4.69) is 20.9 Å². The van der Waals surface area contributed by atoms with Gasteiger partial charge in [0.05, 0.1) is 18.9 Å². The maximum atomic E-state index is 13.2. The summed E-state index contributed by atoms with van der Waals surface area (Å²) in [7, 11) is 0. The third-order valence-corrected chi connectivity index (χ3v) is 6.09. The smallest absolute Gasteiger partial charge is 0.326 e. The van der Waals surface area contributed by atoms with Gasteiger partial charge in [-0.3, -0.25) is 24.0 Å². The van der Waals surface area contributed by atoms with Gasteiger partial charge < -0.3 is 49.0 Å². The Morgan fingerprint density at radius 1 is 0.825 bits per heavy atom. The van der Waals surface area contributed by atoms with Gasteiger partial charge >= 0.3 is 5.97 Å². The SMILES string of the molecule is NCCCCC(NC(=O)C(CC(N)=O)NC(=O)C(N)CC(N)=O)C(=O)NC(Cc1c[nH]c2ccccc12)C(=O)O. The van der Waals surface area contributed by atoms with Gasteiger partial charge in [-0.05, 0) is 37.4 Å². The minimum atomic E-state index is -1.52. The maximum Gasteiger partial charge on any atom is 0.326 e. The highest BCUT2D eigenvalue weighted by atomic mass is 16.4. The number of aromatic nitrogens is 1. The van der Waals surface area contributed by atoms with Crippen LogP contribution in [0, 0.1) is 0 Å². The highest BCUT2D eigenvalue weighted by molar-refractivity contribution is 5.97. The van der Waals surface area contributed by atoms with E-state index in [0.29, 0.717) is 24.9 Å². The van der Waals surface area contributed by atoms with Gasteiger partial charge in [0.25, 0.3) is 0 Å². The average molecular weight is 561 g/mol. The van der Waals surface area contributed by atoms with Gasteiger partial charge in [0.1, 0.15) is 18.1 Å². The second-order valence-electron chi connectivity index (χ2n) is 9.32. The summed E-state index contributed by atoms with van der Waals surface area (Å²) < 4.78 is 0. The number of para-hydroxylation sites is 1. The fourth-order valence-electron chi connectivity index (χ4n) is 4.03. The predicted molar refractivity (Wildman–Crippen MR) is 144 cm³/mol. The Balaban J connectivity index is 2.19. The van der Waals surface area contributed by atoms with Crippen LogP contribution in [-0.2, 0) is 35.2 Å². The van der Waals surface area contributed by atoms with Crippen molar-refractivity contribution in [2.45, 2.75) is 62.7 Å². The molecule has 0 bridgehead atoms. The lowest BCUT2D eigenvalue weighted by molar-refractivity contribution is -0.142. The van der Waals surface area contributed by atoms with Crippen LogP contribution in [0.3, 0.4) is 0 Å². The molecular formula is C25H36N8O7. The largest absolute Gasteiger partial charge is 0.480 e. The van der Waals surface area contributed by atoms with E-state index >= 15 is 0 Å². The molecule has 0 fully saturated rings. The Morgan fingerprint density at radius 3 is 2.05 bits per heavy atom. The number of aromatic amines is 1. The molecule has 0 aliphatic carbocycles. The van der Waals surface area contributed by atoms with E-state index in [0.717, 1.165) is 10.9 Å². The van der Waals surface area contributed by atoms with Crippen LogP contribution in [0.2, 0.25) is 0 Å². The molecule has 218 valence electrons. The summed E-state index contributed by atoms with van der Waals surface area (Å²) >= 11 is 0. The molecule has 0 saturated carbocycles. The summed E-state index contributed by atoms with van der Waals surface area (Å²) in [6, 6.07) is 1.83. The number of primary amides is 2. The van der Waals surface area contributed by atoms with Crippen molar-refractivity contribution >= 4 is 46.4 Å². The van der Waals surface area contributed by atoms with Gasteiger partial charge in [-0.15, -0.1) is 0 Å². The molecule has 2 rings (SSSR count). The lowest BCUT2D eigenvalue weighted by Gasteiger charge is -2.25. The van der Waals surface area contributed by atoms with E-state index in [1.54, 1.807) is 12.3 Å². The fourth-order valence-corrected chi connectivity index (χ4v) is 4.03. The molecule has 1 heterocycles. The number of hydrogen-bond donors (Lipinski definition) is 9. The van der Waals surface area contributed by atoms with Gasteiger partial charge in [0.15, 0.2) is 0 Å². The minimum Gasteiger partial charge on any atom is -0.480 e. The van der Waals surface area contributed by atoms with Crippen LogP contribution in [-0.4, -0.2) is 76.3 Å². The Hall–Kier alpha value is -4.50. The molecule has 0 aliphatic rings. The average Bonchev–Trinajstić information content (AvgIpc) is 3.29. The zero-order valence-corrected chi connectivity index (χ0v) is 21.9. The van der Waals surface area contributed by atoms with E-state index in [1.165, 1.54) is 0 Å². The predicted octanol–water partition coefficient (Wildman–Crippen LogP) is -2.54. The number of hydrogen-bond acceptors (Lipinski definition) is 8. The second-order valence-corrected chi connectivity index (χ2v) is 9.32. The maximum absolute atomic E-state index is 13.2. The van der Waals surface area contributed by atoms with Crippen LogP contribution in [0.4, 0.5) is 0 Å². The molecule has 13 N–H and O–H groups in total. The van der Waals surface area contributed by atoms with Crippen molar-refractivity contribution in [2.24, 2.45) is 22.9 Å². The summed E-state index contributed by atoms with van der Waals surface area (Å²) in [6.07, 6.45) is 1.50. The minimum absolute atomic E-state index is 0.0351. The summed E-state index contributed by atoms with van der Waals surface area (Å²) in [5.74, 6) is -5.72. The molecule has 40 heavy (non-hydrogen) atoms. The van der Waals surface area contributed by atoms with Gasteiger partial charge in [-0.1, -0.05) is 18.2 Å². The third kappa shape index (κ3) is 9.67.